The molecule has 0 spiro atoms. The van der Waals surface area contributed by atoms with Gasteiger partial charge in [-0.1, -0.05) is 6.07 Å². The van der Waals surface area contributed by atoms with Gasteiger partial charge < -0.3 is 10.0 Å². The smallest absolute Gasteiger partial charge is 0.329 e. The molecule has 0 saturated heterocycles. The normalized spacial score (nSPS) is 11.2. The van der Waals surface area contributed by atoms with Gasteiger partial charge in [-0.15, -0.1) is 0 Å². The number of hydrogen-bond acceptors (Lipinski definition) is 2. The molecule has 1 aromatic carbocycles. The average Bonchev–Trinajstić information content (AvgIpc) is 2.30. The van der Waals surface area contributed by atoms with E-state index in [1.165, 1.54) is 33.0 Å². The third-order valence-corrected chi connectivity index (χ3v) is 3.09. The number of rotatable bonds is 3. The highest BCUT2D eigenvalue weighted by Gasteiger charge is 2.35. The fourth-order valence-corrected chi connectivity index (χ4v) is 1.32. The van der Waals surface area contributed by atoms with E-state index in [0.717, 1.165) is 11.0 Å². The van der Waals surface area contributed by atoms with Crippen molar-refractivity contribution in [3.8, 4) is 0 Å². The van der Waals surface area contributed by atoms with E-state index in [-0.39, 0.29) is 5.56 Å². The molecule has 5 heteroatoms. The first-order chi connectivity index (χ1) is 8.17. The summed E-state index contributed by atoms with van der Waals surface area (Å²) in [6.45, 7) is 4.42. The van der Waals surface area contributed by atoms with Gasteiger partial charge in [0.25, 0.3) is 5.91 Å². The summed E-state index contributed by atoms with van der Waals surface area (Å²) in [6.07, 6.45) is 0. The van der Waals surface area contributed by atoms with Gasteiger partial charge in [0.2, 0.25) is 0 Å². The van der Waals surface area contributed by atoms with Crippen LogP contribution >= 0.6 is 0 Å². The summed E-state index contributed by atoms with van der Waals surface area (Å²) < 4.78 is 13.4. The zero-order valence-electron chi connectivity index (χ0n) is 10.8. The molecule has 1 aromatic rings. The van der Waals surface area contributed by atoms with E-state index < -0.39 is 23.2 Å². The zero-order chi connectivity index (χ0) is 14.1. The van der Waals surface area contributed by atoms with E-state index in [1.807, 2.05) is 0 Å². The van der Waals surface area contributed by atoms with E-state index in [4.69, 9.17) is 5.11 Å². The number of amides is 1. The van der Waals surface area contributed by atoms with Gasteiger partial charge in [-0.25, -0.2) is 9.18 Å². The van der Waals surface area contributed by atoms with Gasteiger partial charge in [0.1, 0.15) is 11.4 Å². The first-order valence-corrected chi connectivity index (χ1v) is 5.45. The zero-order valence-corrected chi connectivity index (χ0v) is 10.8. The SMILES string of the molecule is Cc1ccc(C(=O)N(C)C(C)(C)C(=O)O)cc1F. The lowest BCUT2D eigenvalue weighted by Crippen LogP contribution is -2.50. The Morgan fingerprint density at radius 1 is 1.33 bits per heavy atom. The molecule has 0 radical (unpaired) electrons. The van der Waals surface area contributed by atoms with Crippen molar-refractivity contribution in [3.05, 3.63) is 35.1 Å². The molecule has 0 aromatic heterocycles. The van der Waals surface area contributed by atoms with Crippen molar-refractivity contribution in [3.63, 3.8) is 0 Å². The second-order valence-corrected chi connectivity index (χ2v) is 4.69. The molecular weight excluding hydrogens is 237 g/mol. The molecule has 1 amide bonds. The quantitative estimate of drug-likeness (QED) is 0.897. The molecule has 0 aliphatic heterocycles. The maximum absolute atomic E-state index is 13.4. The molecule has 0 aliphatic carbocycles. The second kappa shape index (κ2) is 4.76. The third-order valence-electron chi connectivity index (χ3n) is 3.09. The first-order valence-electron chi connectivity index (χ1n) is 5.45. The second-order valence-electron chi connectivity index (χ2n) is 4.69. The number of likely N-dealkylation sites (N-methyl/N-ethyl adjacent to an activating group) is 1. The van der Waals surface area contributed by atoms with Crippen LogP contribution in [0.15, 0.2) is 18.2 Å². The summed E-state index contributed by atoms with van der Waals surface area (Å²) in [4.78, 5) is 24.2. The monoisotopic (exact) mass is 253 g/mol. The molecule has 98 valence electrons. The maximum atomic E-state index is 13.4. The van der Waals surface area contributed by atoms with Gasteiger partial charge >= 0.3 is 5.97 Å². The van der Waals surface area contributed by atoms with Crippen molar-refractivity contribution in [2.75, 3.05) is 7.05 Å². The standard InChI is InChI=1S/C13H16FNO3/c1-8-5-6-9(7-10(8)14)11(16)15(4)13(2,3)12(17)18/h5-7H,1-4H3,(H,17,18). The van der Waals surface area contributed by atoms with E-state index in [2.05, 4.69) is 0 Å². The van der Waals surface area contributed by atoms with E-state index in [9.17, 15) is 14.0 Å². The van der Waals surface area contributed by atoms with Crippen LogP contribution in [-0.4, -0.2) is 34.5 Å². The Balaban J connectivity index is 3.07. The molecule has 0 aliphatic rings. The largest absolute Gasteiger partial charge is 0.480 e. The minimum atomic E-state index is -1.35. The number of carbonyl (C=O) groups excluding carboxylic acids is 1. The lowest BCUT2D eigenvalue weighted by Gasteiger charge is -2.31. The highest BCUT2D eigenvalue weighted by atomic mass is 19.1. The number of nitrogens with zero attached hydrogens (tertiary/aromatic N) is 1. The number of halogens is 1. The minimum Gasteiger partial charge on any atom is -0.480 e. The number of carboxylic acids is 1. The van der Waals surface area contributed by atoms with Crippen LogP contribution in [0.1, 0.15) is 29.8 Å². The number of hydrogen-bond donors (Lipinski definition) is 1. The maximum Gasteiger partial charge on any atom is 0.329 e. The number of aryl methyl sites for hydroxylation is 1. The van der Waals surface area contributed by atoms with Crippen LogP contribution in [0.2, 0.25) is 0 Å². The van der Waals surface area contributed by atoms with Crippen LogP contribution in [0.3, 0.4) is 0 Å². The van der Waals surface area contributed by atoms with Gasteiger partial charge in [-0.05, 0) is 38.5 Å². The topological polar surface area (TPSA) is 57.6 Å². The Labute approximate surface area is 105 Å². The highest BCUT2D eigenvalue weighted by Crippen LogP contribution is 2.17. The Morgan fingerprint density at radius 2 is 1.89 bits per heavy atom. The fraction of sp³-hybridized carbons (Fsp3) is 0.385. The molecule has 0 heterocycles. The van der Waals surface area contributed by atoms with Crippen molar-refractivity contribution < 1.29 is 19.1 Å². The number of benzene rings is 1. The lowest BCUT2D eigenvalue weighted by atomic mass is 10.0. The predicted octanol–water partition coefficient (Wildman–Crippen LogP) is 2.07. The van der Waals surface area contributed by atoms with Crippen molar-refractivity contribution >= 4 is 11.9 Å². The van der Waals surface area contributed by atoms with Crippen LogP contribution in [0, 0.1) is 12.7 Å². The molecule has 0 unspecified atom stereocenters. The Bertz CT molecular complexity index is 497. The Morgan fingerprint density at radius 3 is 2.33 bits per heavy atom. The summed E-state index contributed by atoms with van der Waals surface area (Å²) in [5, 5.41) is 9.04. The van der Waals surface area contributed by atoms with Crippen molar-refractivity contribution in [2.45, 2.75) is 26.3 Å². The summed E-state index contributed by atoms with van der Waals surface area (Å²) in [5.41, 5.74) is -0.778. The molecule has 0 atom stereocenters. The van der Waals surface area contributed by atoms with Gasteiger partial charge in [0.05, 0.1) is 0 Å². The Kier molecular flexibility index (Phi) is 3.74. The number of carboxylic acid groups (broad SMARTS) is 1. The lowest BCUT2D eigenvalue weighted by molar-refractivity contribution is -0.147. The first kappa shape index (κ1) is 14.2. The van der Waals surface area contributed by atoms with Crippen LogP contribution in [0.5, 0.6) is 0 Å². The van der Waals surface area contributed by atoms with Crippen molar-refractivity contribution in [2.24, 2.45) is 0 Å². The Hall–Kier alpha value is -1.91. The summed E-state index contributed by atoms with van der Waals surface area (Å²) >= 11 is 0. The summed E-state index contributed by atoms with van der Waals surface area (Å²) in [5.74, 6) is -2.13. The molecule has 1 rings (SSSR count). The van der Waals surface area contributed by atoms with Gasteiger partial charge in [0.15, 0.2) is 0 Å². The minimum absolute atomic E-state index is 0.134. The average molecular weight is 253 g/mol. The third kappa shape index (κ3) is 2.50. The molecule has 18 heavy (non-hydrogen) atoms. The predicted molar refractivity (Wildman–Crippen MR) is 64.9 cm³/mol. The molecule has 1 N–H and O–H groups in total. The van der Waals surface area contributed by atoms with Crippen LogP contribution in [0.25, 0.3) is 0 Å². The van der Waals surface area contributed by atoms with E-state index >= 15 is 0 Å². The van der Waals surface area contributed by atoms with Crippen molar-refractivity contribution in [1.29, 1.82) is 0 Å². The molecular formula is C13H16FNO3. The highest BCUT2D eigenvalue weighted by molar-refractivity contribution is 5.97. The van der Waals surface area contributed by atoms with Crippen LogP contribution in [0.4, 0.5) is 4.39 Å². The fourth-order valence-electron chi connectivity index (χ4n) is 1.32. The number of carbonyl (C=O) groups is 2. The van der Waals surface area contributed by atoms with E-state index in [1.54, 1.807) is 6.92 Å². The summed E-state index contributed by atoms with van der Waals surface area (Å²) in [6, 6.07) is 4.09. The summed E-state index contributed by atoms with van der Waals surface area (Å²) in [7, 11) is 1.38. The molecule has 0 bridgehead atoms. The van der Waals surface area contributed by atoms with Crippen molar-refractivity contribution in [1.82, 2.24) is 4.90 Å². The molecule has 4 nitrogen and oxygen atoms in total. The van der Waals surface area contributed by atoms with Gasteiger partial charge in [0, 0.05) is 12.6 Å². The van der Waals surface area contributed by atoms with Crippen LogP contribution in [-0.2, 0) is 4.79 Å². The van der Waals surface area contributed by atoms with Crippen LogP contribution < -0.4 is 0 Å². The number of aliphatic carboxylic acids is 1. The van der Waals surface area contributed by atoms with Gasteiger partial charge in [-0.3, -0.25) is 4.79 Å². The molecule has 0 fully saturated rings. The van der Waals surface area contributed by atoms with E-state index in [0.29, 0.717) is 5.56 Å². The molecule has 0 saturated carbocycles. The van der Waals surface area contributed by atoms with Gasteiger partial charge in [-0.2, -0.15) is 0 Å².